The quantitative estimate of drug-likeness (QED) is 0.269. The minimum absolute atomic E-state index is 0.200. The summed E-state index contributed by atoms with van der Waals surface area (Å²) in [6.07, 6.45) is -0.357. The van der Waals surface area contributed by atoms with Crippen LogP contribution < -0.4 is 11.5 Å². The van der Waals surface area contributed by atoms with Crippen molar-refractivity contribution in [1.29, 1.82) is 5.41 Å². The van der Waals surface area contributed by atoms with Gasteiger partial charge in [0.05, 0.1) is 12.6 Å². The first-order chi connectivity index (χ1) is 9.12. The zero-order valence-corrected chi connectivity index (χ0v) is 10.3. The molecule has 0 aromatic carbocycles. The van der Waals surface area contributed by atoms with Crippen molar-refractivity contribution in [2.45, 2.75) is 42.9 Å². The molecule has 7 atom stereocenters. The van der Waals surface area contributed by atoms with E-state index in [1.54, 1.807) is 0 Å². The molecule has 0 aliphatic carbocycles. The van der Waals surface area contributed by atoms with Gasteiger partial charge in [-0.3, -0.25) is 0 Å². The third-order valence-corrected chi connectivity index (χ3v) is 3.21. The van der Waals surface area contributed by atoms with E-state index >= 15 is 0 Å². The van der Waals surface area contributed by atoms with Crippen LogP contribution in [0.5, 0.6) is 0 Å². The van der Waals surface area contributed by atoms with Crippen molar-refractivity contribution in [3.05, 3.63) is 12.3 Å². The SMILES string of the molecule is N=C[C@@H](O[C@H]1OC(CO)[C@H]2OC2C1N)[C@H](O)/C=C/N. The van der Waals surface area contributed by atoms with Crippen LogP contribution in [0.4, 0.5) is 0 Å². The predicted molar refractivity (Wildman–Crippen MR) is 65.4 cm³/mol. The predicted octanol–water partition coefficient (Wildman–Crippen LogP) is -2.33. The maximum Gasteiger partial charge on any atom is 0.176 e. The molecule has 8 nitrogen and oxygen atoms in total. The van der Waals surface area contributed by atoms with E-state index in [0.29, 0.717) is 0 Å². The highest BCUT2D eigenvalue weighted by atomic mass is 16.7. The number of aliphatic hydroxyl groups is 2. The molecule has 0 radical (unpaired) electrons. The summed E-state index contributed by atoms with van der Waals surface area (Å²) in [5, 5.41) is 26.1. The first-order valence-corrected chi connectivity index (χ1v) is 6.02. The number of hydrogen-bond donors (Lipinski definition) is 5. The van der Waals surface area contributed by atoms with Crippen LogP contribution in [0.2, 0.25) is 0 Å². The molecule has 2 saturated heterocycles. The van der Waals surface area contributed by atoms with E-state index < -0.39 is 30.6 Å². The smallest absolute Gasteiger partial charge is 0.176 e. The molecule has 0 saturated carbocycles. The molecule has 2 fully saturated rings. The van der Waals surface area contributed by atoms with Crippen LogP contribution in [0.3, 0.4) is 0 Å². The summed E-state index contributed by atoms with van der Waals surface area (Å²) in [6, 6.07) is -0.524. The minimum Gasteiger partial charge on any atom is -0.405 e. The van der Waals surface area contributed by atoms with E-state index in [1.165, 1.54) is 12.3 Å². The Balaban J connectivity index is 1.98. The van der Waals surface area contributed by atoms with Crippen molar-refractivity contribution in [2.75, 3.05) is 6.61 Å². The summed E-state index contributed by atoms with van der Waals surface area (Å²) < 4.78 is 16.2. The molecule has 108 valence electrons. The van der Waals surface area contributed by atoms with Gasteiger partial charge in [0.1, 0.15) is 30.5 Å². The molecule has 0 bridgehead atoms. The number of hydrogen-bond acceptors (Lipinski definition) is 8. The number of nitrogens with two attached hydrogens (primary N) is 2. The number of fused-ring (bicyclic) bond motifs is 1. The van der Waals surface area contributed by atoms with Gasteiger partial charge in [-0.05, 0) is 12.3 Å². The van der Waals surface area contributed by atoms with Crippen molar-refractivity contribution >= 4 is 6.21 Å². The molecule has 0 spiro atoms. The van der Waals surface area contributed by atoms with Gasteiger partial charge in [-0.15, -0.1) is 0 Å². The maximum atomic E-state index is 9.71. The van der Waals surface area contributed by atoms with Crippen LogP contribution >= 0.6 is 0 Å². The Morgan fingerprint density at radius 3 is 2.68 bits per heavy atom. The Hall–Kier alpha value is -1.03. The number of ether oxygens (including phenoxy) is 3. The van der Waals surface area contributed by atoms with Crippen molar-refractivity contribution < 1.29 is 24.4 Å². The van der Waals surface area contributed by atoms with Gasteiger partial charge >= 0.3 is 0 Å². The molecule has 2 aliphatic rings. The second-order valence-electron chi connectivity index (χ2n) is 4.51. The summed E-state index contributed by atoms with van der Waals surface area (Å²) in [7, 11) is 0. The van der Waals surface area contributed by atoms with Gasteiger partial charge < -0.3 is 41.3 Å². The highest BCUT2D eigenvalue weighted by Gasteiger charge is 2.57. The van der Waals surface area contributed by atoms with Gasteiger partial charge in [0.2, 0.25) is 0 Å². The summed E-state index contributed by atoms with van der Waals surface area (Å²) in [5.41, 5.74) is 11.1. The molecule has 19 heavy (non-hydrogen) atoms. The lowest BCUT2D eigenvalue weighted by molar-refractivity contribution is -0.217. The Morgan fingerprint density at radius 2 is 2.11 bits per heavy atom. The summed E-state index contributed by atoms with van der Waals surface area (Å²) >= 11 is 0. The average Bonchev–Trinajstić information content (AvgIpc) is 3.19. The molecular weight excluding hydrogens is 254 g/mol. The number of aliphatic hydroxyl groups excluding tert-OH is 2. The Bertz CT molecular complexity index is 353. The molecule has 2 aliphatic heterocycles. The van der Waals surface area contributed by atoms with Gasteiger partial charge in [0.25, 0.3) is 0 Å². The lowest BCUT2D eigenvalue weighted by atomic mass is 10.0. The molecule has 0 aromatic heterocycles. The first-order valence-electron chi connectivity index (χ1n) is 6.02. The largest absolute Gasteiger partial charge is 0.405 e. The number of nitrogens with one attached hydrogen (secondary N) is 1. The van der Waals surface area contributed by atoms with E-state index in [2.05, 4.69) is 0 Å². The fourth-order valence-corrected chi connectivity index (χ4v) is 2.11. The summed E-state index contributed by atoms with van der Waals surface area (Å²) in [5.74, 6) is 0. The van der Waals surface area contributed by atoms with E-state index in [-0.39, 0.29) is 18.8 Å². The molecule has 0 aromatic rings. The van der Waals surface area contributed by atoms with Crippen LogP contribution in [0, 0.1) is 5.41 Å². The van der Waals surface area contributed by atoms with Crippen molar-refractivity contribution in [3.63, 3.8) is 0 Å². The monoisotopic (exact) mass is 273 g/mol. The third kappa shape index (κ3) is 2.94. The topological polar surface area (TPSA) is 147 Å². The number of rotatable bonds is 6. The molecular formula is C11H19N3O5. The molecule has 3 unspecified atom stereocenters. The summed E-state index contributed by atoms with van der Waals surface area (Å²) in [6.45, 7) is -0.200. The van der Waals surface area contributed by atoms with Gasteiger partial charge in [0.15, 0.2) is 6.29 Å². The molecule has 2 rings (SSSR count). The highest BCUT2D eigenvalue weighted by molar-refractivity contribution is 5.60. The Kier molecular flexibility index (Phi) is 4.50. The van der Waals surface area contributed by atoms with E-state index in [0.717, 1.165) is 6.21 Å². The van der Waals surface area contributed by atoms with Crippen molar-refractivity contribution in [3.8, 4) is 0 Å². The van der Waals surface area contributed by atoms with Crippen LogP contribution in [0.15, 0.2) is 12.3 Å². The van der Waals surface area contributed by atoms with Crippen molar-refractivity contribution in [2.24, 2.45) is 11.5 Å². The first kappa shape index (κ1) is 14.4. The minimum atomic E-state index is -1.07. The Labute approximate surface area is 110 Å². The fourth-order valence-electron chi connectivity index (χ4n) is 2.11. The Morgan fingerprint density at radius 1 is 1.37 bits per heavy atom. The molecule has 8 heteroatoms. The molecule has 0 amide bonds. The van der Waals surface area contributed by atoms with Crippen LogP contribution in [0.25, 0.3) is 0 Å². The normalized spacial score (nSPS) is 40.7. The standard InChI is InChI=1S/C11H19N3O5/c12-2-1-5(16)6(3-13)17-11-8(14)10-9(19-10)7(4-15)18-11/h1-3,5-11,13,15-16H,4,12,14H2/b2-1+,13-3?/t5-,6-,7?,8?,9-,10?,11+/m1/s1. The highest BCUT2D eigenvalue weighted by Crippen LogP contribution is 2.37. The van der Waals surface area contributed by atoms with Crippen LogP contribution in [0.1, 0.15) is 0 Å². The summed E-state index contributed by atoms with van der Waals surface area (Å²) in [4.78, 5) is 0. The average molecular weight is 273 g/mol. The molecule has 2 heterocycles. The number of epoxide rings is 1. The van der Waals surface area contributed by atoms with E-state index in [9.17, 15) is 5.11 Å². The zero-order chi connectivity index (χ0) is 14.0. The second-order valence-corrected chi connectivity index (χ2v) is 4.51. The van der Waals surface area contributed by atoms with Crippen LogP contribution in [-0.2, 0) is 14.2 Å². The van der Waals surface area contributed by atoms with Gasteiger partial charge in [-0.2, -0.15) is 0 Å². The maximum absolute atomic E-state index is 9.71. The lowest BCUT2D eigenvalue weighted by Gasteiger charge is -2.33. The van der Waals surface area contributed by atoms with Gasteiger partial charge in [0, 0.05) is 6.21 Å². The van der Waals surface area contributed by atoms with Gasteiger partial charge in [-0.25, -0.2) is 0 Å². The fraction of sp³-hybridized carbons (Fsp3) is 0.727. The lowest BCUT2D eigenvalue weighted by Crippen LogP contribution is -2.54. The van der Waals surface area contributed by atoms with E-state index in [4.69, 9.17) is 36.2 Å². The van der Waals surface area contributed by atoms with Gasteiger partial charge in [-0.1, -0.05) is 0 Å². The molecule has 7 N–H and O–H groups in total. The third-order valence-electron chi connectivity index (χ3n) is 3.21. The van der Waals surface area contributed by atoms with E-state index in [1.807, 2.05) is 0 Å². The second kappa shape index (κ2) is 5.95. The van der Waals surface area contributed by atoms with Crippen LogP contribution in [-0.4, -0.2) is 65.9 Å². The van der Waals surface area contributed by atoms with Crippen molar-refractivity contribution in [1.82, 2.24) is 0 Å². The zero-order valence-electron chi connectivity index (χ0n) is 10.3.